The number of nitrogens with zero attached hydrogens (tertiary/aromatic N) is 1. The van der Waals surface area contributed by atoms with Gasteiger partial charge < -0.3 is 15.2 Å². The number of nitriles is 1. The smallest absolute Gasteiger partial charge is 0.352 e. The molecule has 2 N–H and O–H groups in total. The first kappa shape index (κ1) is 17.2. The minimum Gasteiger partial charge on any atom is -0.508 e. The van der Waals surface area contributed by atoms with Crippen molar-refractivity contribution in [1.29, 1.82) is 5.26 Å². The summed E-state index contributed by atoms with van der Waals surface area (Å²) in [5, 5.41) is 21.8. The first-order valence-corrected chi connectivity index (χ1v) is 6.81. The number of carbonyl (C=O) groups excluding carboxylic acids is 2. The van der Waals surface area contributed by atoms with Gasteiger partial charge in [0.25, 0.3) is 0 Å². The van der Waals surface area contributed by atoms with Crippen LogP contribution in [0, 0.1) is 11.3 Å². The van der Waals surface area contributed by atoms with E-state index in [0.29, 0.717) is 0 Å². The molecule has 0 saturated heterocycles. The maximum Gasteiger partial charge on any atom is 0.352 e. The van der Waals surface area contributed by atoms with E-state index in [1.54, 1.807) is 13.0 Å². The molecule has 0 aliphatic carbocycles. The summed E-state index contributed by atoms with van der Waals surface area (Å²) in [6.07, 6.45) is 0.247. The molecule has 1 atom stereocenters. The Labute approximate surface area is 129 Å². The van der Waals surface area contributed by atoms with Crippen molar-refractivity contribution in [2.75, 3.05) is 6.61 Å². The average Bonchev–Trinajstić information content (AvgIpc) is 2.48. The fraction of sp³-hybridized carbons (Fsp3) is 0.312. The number of nitrogens with one attached hydrogen (secondary N) is 1. The number of amides is 1. The molecule has 6 heteroatoms. The summed E-state index contributed by atoms with van der Waals surface area (Å²) in [6, 6.07) is 9.86. The van der Waals surface area contributed by atoms with Crippen molar-refractivity contribution >= 4 is 11.9 Å². The van der Waals surface area contributed by atoms with Crippen LogP contribution in [-0.2, 0) is 20.7 Å². The summed E-state index contributed by atoms with van der Waals surface area (Å²) in [5.74, 6) is -1.79. The van der Waals surface area contributed by atoms with E-state index in [-0.39, 0.29) is 18.9 Å². The number of hydrogen-bond donors (Lipinski definition) is 2. The van der Waals surface area contributed by atoms with Gasteiger partial charge in [-0.05, 0) is 18.9 Å². The lowest BCUT2D eigenvalue weighted by Crippen LogP contribution is -2.37. The number of ether oxygens (including phenoxy) is 1. The SMILES string of the molecule is CCOC(=O)/C(C#N)=C(/O)[C@H](Cc1ccccc1)NC(C)=O. The molecule has 0 radical (unpaired) electrons. The summed E-state index contributed by atoms with van der Waals surface area (Å²) >= 11 is 0. The topological polar surface area (TPSA) is 99.4 Å². The molecule has 116 valence electrons. The molecule has 0 heterocycles. The lowest BCUT2D eigenvalue weighted by molar-refractivity contribution is -0.138. The maximum absolute atomic E-state index is 11.7. The van der Waals surface area contributed by atoms with Crippen LogP contribution >= 0.6 is 0 Å². The molecular formula is C16H18N2O4. The van der Waals surface area contributed by atoms with Crippen LogP contribution in [-0.4, -0.2) is 29.6 Å². The molecule has 1 aromatic rings. The maximum atomic E-state index is 11.7. The van der Waals surface area contributed by atoms with Crippen molar-refractivity contribution in [3.8, 4) is 6.07 Å². The summed E-state index contributed by atoms with van der Waals surface area (Å²) in [5.41, 5.74) is 0.338. The van der Waals surface area contributed by atoms with Gasteiger partial charge >= 0.3 is 5.97 Å². The van der Waals surface area contributed by atoms with Gasteiger partial charge in [-0.3, -0.25) is 4.79 Å². The van der Waals surface area contributed by atoms with Crippen LogP contribution in [0.3, 0.4) is 0 Å². The van der Waals surface area contributed by atoms with Crippen LogP contribution in [0.5, 0.6) is 0 Å². The van der Waals surface area contributed by atoms with Crippen molar-refractivity contribution in [2.24, 2.45) is 0 Å². The molecule has 0 saturated carbocycles. The highest BCUT2D eigenvalue weighted by molar-refractivity contribution is 5.93. The highest BCUT2D eigenvalue weighted by Crippen LogP contribution is 2.13. The third-order valence-corrected chi connectivity index (χ3v) is 2.84. The molecular weight excluding hydrogens is 284 g/mol. The third kappa shape index (κ3) is 4.94. The van der Waals surface area contributed by atoms with Gasteiger partial charge in [0.1, 0.15) is 11.8 Å². The van der Waals surface area contributed by atoms with E-state index in [1.165, 1.54) is 6.92 Å². The van der Waals surface area contributed by atoms with Crippen LogP contribution in [0.1, 0.15) is 19.4 Å². The predicted octanol–water partition coefficient (Wildman–Crippen LogP) is 1.63. The zero-order valence-corrected chi connectivity index (χ0v) is 12.5. The van der Waals surface area contributed by atoms with Gasteiger partial charge in [-0.15, -0.1) is 0 Å². The Morgan fingerprint density at radius 2 is 2.00 bits per heavy atom. The molecule has 0 spiro atoms. The normalized spacial score (nSPS) is 12.6. The van der Waals surface area contributed by atoms with Gasteiger partial charge in [0.2, 0.25) is 5.91 Å². The van der Waals surface area contributed by atoms with Crippen LogP contribution in [0.25, 0.3) is 0 Å². The number of esters is 1. The Kier molecular flexibility index (Phi) is 6.64. The van der Waals surface area contributed by atoms with Crippen LogP contribution in [0.2, 0.25) is 0 Å². The minimum atomic E-state index is -0.911. The summed E-state index contributed by atoms with van der Waals surface area (Å²) in [4.78, 5) is 23.0. The van der Waals surface area contributed by atoms with Crippen LogP contribution in [0.15, 0.2) is 41.7 Å². The Bertz CT molecular complexity index is 602. The van der Waals surface area contributed by atoms with Crippen molar-refractivity contribution in [3.05, 3.63) is 47.2 Å². The zero-order valence-electron chi connectivity index (χ0n) is 12.5. The fourth-order valence-corrected chi connectivity index (χ4v) is 1.90. The fourth-order valence-electron chi connectivity index (χ4n) is 1.90. The minimum absolute atomic E-state index is 0.0841. The Hall–Kier alpha value is -2.81. The van der Waals surface area contributed by atoms with Gasteiger partial charge in [0.15, 0.2) is 5.57 Å². The zero-order chi connectivity index (χ0) is 16.5. The highest BCUT2D eigenvalue weighted by atomic mass is 16.5. The van der Waals surface area contributed by atoms with Crippen molar-refractivity contribution < 1.29 is 19.4 Å². The second-order valence-electron chi connectivity index (χ2n) is 4.54. The summed E-state index contributed by atoms with van der Waals surface area (Å²) in [7, 11) is 0. The molecule has 6 nitrogen and oxygen atoms in total. The molecule has 22 heavy (non-hydrogen) atoms. The first-order chi connectivity index (χ1) is 10.5. The second kappa shape index (κ2) is 8.47. The second-order valence-corrected chi connectivity index (χ2v) is 4.54. The summed E-state index contributed by atoms with van der Waals surface area (Å²) in [6.45, 7) is 2.97. The number of carbonyl (C=O) groups is 2. The molecule has 1 amide bonds. The lowest BCUT2D eigenvalue weighted by atomic mass is 10.0. The van der Waals surface area contributed by atoms with E-state index in [2.05, 4.69) is 5.32 Å². The van der Waals surface area contributed by atoms with Crippen molar-refractivity contribution in [3.63, 3.8) is 0 Å². The molecule has 0 aromatic heterocycles. The number of aliphatic hydroxyl groups excluding tert-OH is 1. The Morgan fingerprint density at radius 3 is 2.50 bits per heavy atom. The molecule has 0 aliphatic rings. The van der Waals surface area contributed by atoms with E-state index in [4.69, 9.17) is 10.00 Å². The first-order valence-electron chi connectivity index (χ1n) is 6.81. The Morgan fingerprint density at radius 1 is 1.36 bits per heavy atom. The molecule has 1 rings (SSSR count). The summed E-state index contributed by atoms with van der Waals surface area (Å²) < 4.78 is 4.73. The highest BCUT2D eigenvalue weighted by Gasteiger charge is 2.24. The van der Waals surface area contributed by atoms with Crippen molar-refractivity contribution in [2.45, 2.75) is 26.3 Å². The van der Waals surface area contributed by atoms with E-state index in [9.17, 15) is 14.7 Å². The van der Waals surface area contributed by atoms with E-state index in [1.807, 2.05) is 30.3 Å². The van der Waals surface area contributed by atoms with Crippen molar-refractivity contribution in [1.82, 2.24) is 5.32 Å². The van der Waals surface area contributed by atoms with Gasteiger partial charge in [-0.25, -0.2) is 4.79 Å². The molecule has 0 bridgehead atoms. The van der Waals surface area contributed by atoms with Gasteiger partial charge in [-0.2, -0.15) is 5.26 Å². The molecule has 0 unspecified atom stereocenters. The van der Waals surface area contributed by atoms with Crippen LogP contribution in [0.4, 0.5) is 0 Å². The molecule has 1 aromatic carbocycles. The number of hydrogen-bond acceptors (Lipinski definition) is 5. The van der Waals surface area contributed by atoms with E-state index < -0.39 is 23.3 Å². The monoisotopic (exact) mass is 302 g/mol. The molecule has 0 fully saturated rings. The predicted molar refractivity (Wildman–Crippen MR) is 79.7 cm³/mol. The Balaban J connectivity index is 3.11. The lowest BCUT2D eigenvalue weighted by Gasteiger charge is -2.18. The largest absolute Gasteiger partial charge is 0.508 e. The van der Waals surface area contributed by atoms with E-state index >= 15 is 0 Å². The van der Waals surface area contributed by atoms with Gasteiger partial charge in [0, 0.05) is 6.92 Å². The number of benzene rings is 1. The third-order valence-electron chi connectivity index (χ3n) is 2.84. The quantitative estimate of drug-likeness (QED) is 0.360. The van der Waals surface area contributed by atoms with E-state index in [0.717, 1.165) is 5.56 Å². The average molecular weight is 302 g/mol. The van der Waals surface area contributed by atoms with Crippen LogP contribution < -0.4 is 5.32 Å². The van der Waals surface area contributed by atoms with Gasteiger partial charge in [0.05, 0.1) is 12.6 Å². The molecule has 0 aliphatic heterocycles. The van der Waals surface area contributed by atoms with Gasteiger partial charge in [-0.1, -0.05) is 30.3 Å². The standard InChI is InChI=1S/C16H18N2O4/c1-3-22-16(21)13(10-17)15(20)14(18-11(2)19)9-12-7-5-4-6-8-12/h4-8,14,20H,3,9H2,1-2H3,(H,18,19)/b15-13+/t14-/m0/s1. The number of aliphatic hydroxyl groups is 1. The number of rotatable bonds is 6.